The smallest absolute Gasteiger partial charge is 0.246 e. The average molecular weight is 786 g/mol. The number of nitrogens with two attached hydrogens (primary N) is 4. The first kappa shape index (κ1) is 47.2. The van der Waals surface area contributed by atoms with Gasteiger partial charge in [-0.25, -0.2) is 0 Å². The molecule has 1 aliphatic rings. The number of carbonyl (C=O) groups excluding carboxylic acids is 8. The summed E-state index contributed by atoms with van der Waals surface area (Å²) in [5.74, 6) is -7.70. The Bertz CT molecular complexity index is 1400. The summed E-state index contributed by atoms with van der Waals surface area (Å²) in [5.41, 5.74) is 21.7. The third-order valence-electron chi connectivity index (χ3n) is 8.11. The number of nitrogens with zero attached hydrogens (tertiary/aromatic N) is 3. The second-order valence-electron chi connectivity index (χ2n) is 13.7. The van der Waals surface area contributed by atoms with Crippen LogP contribution >= 0.6 is 11.6 Å². The zero-order valence-electron chi connectivity index (χ0n) is 31.3. The Hall–Kier alpha value is -4.85. The summed E-state index contributed by atoms with van der Waals surface area (Å²) in [5, 5.41) is 20.2. The van der Waals surface area contributed by atoms with E-state index < -0.39 is 89.7 Å². The largest absolute Gasteiger partial charge is 0.394 e. The molecule has 1 fully saturated rings. The Morgan fingerprint density at radius 1 is 0.685 bits per heavy atom. The minimum Gasteiger partial charge on any atom is -0.394 e. The predicted molar refractivity (Wildman–Crippen MR) is 199 cm³/mol. The summed E-state index contributed by atoms with van der Waals surface area (Å²) >= 11 is 5.60. The molecule has 21 heteroatoms. The molecule has 0 saturated carbocycles. The standard InChI is InChI=1S/C33H56ClN11O9/c1-17(2)13-21(27(50)24(47)15-34)43-30(53)22(14-18(3)4)44-29(52)19(7-5-11-39-32(35)36)41-28(51)20(8-6-12-40-33(37)38)42-31(54)23(16-46)45-25(48)9-10-26(45)49/h17-23,46H,5-16H2,1-4H3,(H,41,51)(H,42,54)(H,43,53)(H,44,52)(H4,35,36,39)(H4,37,38,40)/t19-,20-,21-,22-,23+/m0/s1. The molecule has 1 aliphatic heterocycles. The molecule has 0 radical (unpaired) electrons. The van der Waals surface area contributed by atoms with E-state index in [2.05, 4.69) is 31.3 Å². The summed E-state index contributed by atoms with van der Waals surface area (Å²) in [6.45, 7) is 6.41. The van der Waals surface area contributed by atoms with Crippen molar-refractivity contribution < 1.29 is 43.5 Å². The Kier molecular flexibility index (Phi) is 20.7. The van der Waals surface area contributed by atoms with Gasteiger partial charge in [-0.05, 0) is 50.4 Å². The van der Waals surface area contributed by atoms with Crippen molar-refractivity contribution in [1.82, 2.24) is 26.2 Å². The highest BCUT2D eigenvalue weighted by Crippen LogP contribution is 2.16. The summed E-state index contributed by atoms with van der Waals surface area (Å²) in [7, 11) is 0. The minimum absolute atomic E-state index is 0.0478. The topological polar surface area (TPSA) is 337 Å². The van der Waals surface area contributed by atoms with Crippen LogP contribution in [0, 0.1) is 11.8 Å². The van der Waals surface area contributed by atoms with Crippen molar-refractivity contribution in [3.8, 4) is 0 Å². The molecule has 304 valence electrons. The van der Waals surface area contributed by atoms with Gasteiger partial charge in [0, 0.05) is 25.9 Å². The number of ketones is 2. The zero-order chi connectivity index (χ0) is 41.1. The molecule has 20 nitrogen and oxygen atoms in total. The fraction of sp³-hybridized carbons (Fsp3) is 0.697. The van der Waals surface area contributed by atoms with Crippen LogP contribution in [0.25, 0.3) is 0 Å². The number of aliphatic hydroxyl groups is 1. The normalized spacial score (nSPS) is 15.4. The Balaban J connectivity index is 3.41. The fourth-order valence-electron chi connectivity index (χ4n) is 5.52. The van der Waals surface area contributed by atoms with Crippen LogP contribution in [0.15, 0.2) is 9.98 Å². The number of halogens is 1. The third kappa shape index (κ3) is 16.4. The summed E-state index contributed by atoms with van der Waals surface area (Å²) in [6, 6.07) is -6.71. The number of alkyl halides is 1. The molecule has 6 amide bonds. The van der Waals surface area contributed by atoms with E-state index in [0.29, 0.717) is 4.90 Å². The van der Waals surface area contributed by atoms with Crippen molar-refractivity contribution in [2.75, 3.05) is 25.6 Å². The minimum atomic E-state index is -1.61. The number of aliphatic hydroxyl groups excluding tert-OH is 1. The molecule has 1 heterocycles. The SMILES string of the molecule is CC(C)C[C@H](NC(=O)[C@H](CCCN=C(N)N)NC(=O)[C@H](CCCN=C(N)N)NC(=O)[C@@H](CO)N1C(=O)CCC1=O)C(=O)N[C@@H](CC(C)C)C(=O)C(=O)CCl. The van der Waals surface area contributed by atoms with Gasteiger partial charge in [0.2, 0.25) is 47.0 Å². The second kappa shape index (κ2) is 23.7. The number of hydrogen-bond donors (Lipinski definition) is 9. The van der Waals surface area contributed by atoms with Crippen LogP contribution in [0.4, 0.5) is 0 Å². The van der Waals surface area contributed by atoms with E-state index in [4.69, 9.17) is 34.5 Å². The highest BCUT2D eigenvalue weighted by Gasteiger charge is 2.40. The van der Waals surface area contributed by atoms with Crippen LogP contribution in [-0.2, 0) is 38.4 Å². The van der Waals surface area contributed by atoms with E-state index in [0.717, 1.165) is 0 Å². The van der Waals surface area contributed by atoms with Gasteiger partial charge < -0.3 is 49.3 Å². The monoisotopic (exact) mass is 785 g/mol. The van der Waals surface area contributed by atoms with E-state index >= 15 is 0 Å². The van der Waals surface area contributed by atoms with Gasteiger partial charge in [0.05, 0.1) is 18.5 Å². The number of amides is 6. The van der Waals surface area contributed by atoms with E-state index in [1.54, 1.807) is 27.7 Å². The van der Waals surface area contributed by atoms with Crippen molar-refractivity contribution in [2.24, 2.45) is 44.8 Å². The summed E-state index contributed by atoms with van der Waals surface area (Å²) in [4.78, 5) is 112. The van der Waals surface area contributed by atoms with Crippen LogP contribution < -0.4 is 44.2 Å². The molecule has 0 bridgehead atoms. The van der Waals surface area contributed by atoms with Gasteiger partial charge >= 0.3 is 0 Å². The number of carbonyl (C=O) groups is 8. The molecule has 13 N–H and O–H groups in total. The molecule has 5 atom stereocenters. The number of likely N-dealkylation sites (tertiary alicyclic amines) is 1. The van der Waals surface area contributed by atoms with E-state index in [1.165, 1.54) is 0 Å². The lowest BCUT2D eigenvalue weighted by molar-refractivity contribution is -0.148. The van der Waals surface area contributed by atoms with Gasteiger partial charge in [0.15, 0.2) is 11.9 Å². The first-order chi connectivity index (χ1) is 25.3. The molecular weight excluding hydrogens is 730 g/mol. The lowest BCUT2D eigenvalue weighted by Gasteiger charge is -2.28. The molecule has 1 saturated heterocycles. The summed E-state index contributed by atoms with van der Waals surface area (Å²) < 4.78 is 0. The molecule has 0 aromatic carbocycles. The van der Waals surface area contributed by atoms with E-state index in [-0.39, 0.29) is 88.2 Å². The zero-order valence-corrected chi connectivity index (χ0v) is 32.0. The molecule has 1 rings (SSSR count). The van der Waals surface area contributed by atoms with E-state index in [1.807, 2.05) is 0 Å². The number of rotatable bonds is 25. The van der Waals surface area contributed by atoms with Gasteiger partial charge in [0.25, 0.3) is 0 Å². The molecule has 0 aromatic heterocycles. The lowest BCUT2D eigenvalue weighted by atomic mass is 9.96. The maximum atomic E-state index is 13.9. The van der Waals surface area contributed by atoms with Crippen molar-refractivity contribution in [2.45, 2.75) is 109 Å². The molecular formula is C33H56ClN11O9. The lowest BCUT2D eigenvalue weighted by Crippen LogP contribution is -2.59. The average Bonchev–Trinajstić information content (AvgIpc) is 3.42. The van der Waals surface area contributed by atoms with Crippen LogP contribution in [0.3, 0.4) is 0 Å². The third-order valence-corrected chi connectivity index (χ3v) is 8.35. The highest BCUT2D eigenvalue weighted by molar-refractivity contribution is 6.48. The van der Waals surface area contributed by atoms with Crippen molar-refractivity contribution in [3.63, 3.8) is 0 Å². The van der Waals surface area contributed by atoms with Crippen molar-refractivity contribution in [3.05, 3.63) is 0 Å². The second-order valence-corrected chi connectivity index (χ2v) is 13.9. The molecule has 0 aromatic rings. The first-order valence-electron chi connectivity index (χ1n) is 17.7. The number of hydrogen-bond acceptors (Lipinski definition) is 11. The fourth-order valence-corrected chi connectivity index (χ4v) is 5.65. The van der Waals surface area contributed by atoms with E-state index in [9.17, 15) is 43.5 Å². The highest BCUT2D eigenvalue weighted by atomic mass is 35.5. The van der Waals surface area contributed by atoms with Gasteiger partial charge in [0.1, 0.15) is 24.2 Å². The van der Waals surface area contributed by atoms with Crippen LogP contribution in [0.1, 0.15) is 79.1 Å². The van der Waals surface area contributed by atoms with Gasteiger partial charge in [-0.15, -0.1) is 11.6 Å². The van der Waals surface area contributed by atoms with Gasteiger partial charge in [-0.2, -0.15) is 0 Å². The molecule has 0 spiro atoms. The summed E-state index contributed by atoms with van der Waals surface area (Å²) in [6.07, 6.45) is 0.160. The van der Waals surface area contributed by atoms with Crippen LogP contribution in [-0.4, -0.2) is 125 Å². The number of imide groups is 1. The molecule has 0 unspecified atom stereocenters. The first-order valence-corrected chi connectivity index (χ1v) is 18.3. The Morgan fingerprint density at radius 3 is 1.48 bits per heavy atom. The predicted octanol–water partition coefficient (Wildman–Crippen LogP) is -2.99. The van der Waals surface area contributed by atoms with Crippen LogP contribution in [0.5, 0.6) is 0 Å². The molecule has 54 heavy (non-hydrogen) atoms. The number of aliphatic imine (C=N–C) groups is 2. The Morgan fingerprint density at radius 2 is 1.07 bits per heavy atom. The Labute approximate surface area is 319 Å². The van der Waals surface area contributed by atoms with Crippen molar-refractivity contribution >= 4 is 70.5 Å². The maximum Gasteiger partial charge on any atom is 0.246 e. The number of guanidine groups is 2. The van der Waals surface area contributed by atoms with Gasteiger partial charge in [-0.3, -0.25) is 53.2 Å². The maximum absolute atomic E-state index is 13.9. The molecule has 0 aliphatic carbocycles. The number of Topliss-reactive ketones (excluding diaryl/α,β-unsaturated/α-hetero) is 2. The van der Waals surface area contributed by atoms with Gasteiger partial charge in [-0.1, -0.05) is 27.7 Å². The van der Waals surface area contributed by atoms with Crippen LogP contribution in [0.2, 0.25) is 0 Å². The van der Waals surface area contributed by atoms with Crippen molar-refractivity contribution in [1.29, 1.82) is 0 Å². The quantitative estimate of drug-likeness (QED) is 0.0112. The number of nitrogens with one attached hydrogen (secondary N) is 4.